The summed E-state index contributed by atoms with van der Waals surface area (Å²) in [5.74, 6) is -2.18. The molecule has 200 valence electrons. The van der Waals surface area contributed by atoms with Gasteiger partial charge in [-0.15, -0.1) is 0 Å². The highest BCUT2D eigenvalue weighted by Gasteiger charge is 2.29. The Morgan fingerprint density at radius 1 is 1.11 bits per heavy atom. The summed E-state index contributed by atoms with van der Waals surface area (Å²) in [5.41, 5.74) is 4.11. The number of hydrogen-bond donors (Lipinski definition) is 3. The maximum atomic E-state index is 13.1. The molecule has 1 atom stereocenters. The third-order valence-corrected chi connectivity index (χ3v) is 5.38. The number of nitrogens with zero attached hydrogens (tertiary/aromatic N) is 1. The number of benzene rings is 2. The molecule has 13 heteroatoms. The SMILES string of the molecule is CC(C)(C)OC(=O)N[C@@H](CCCCN)C(=O)Oc1cc([N+](=O)[O-])c(Cl)cc1C(=O)Nc1ccccc1Cl. The molecule has 0 aliphatic carbocycles. The number of amides is 2. The van der Waals surface area contributed by atoms with E-state index in [4.69, 9.17) is 38.4 Å². The highest BCUT2D eigenvalue weighted by Crippen LogP contribution is 2.34. The Labute approximate surface area is 223 Å². The van der Waals surface area contributed by atoms with E-state index in [9.17, 15) is 24.5 Å². The van der Waals surface area contributed by atoms with Crippen molar-refractivity contribution in [1.29, 1.82) is 0 Å². The lowest BCUT2D eigenvalue weighted by atomic mass is 10.1. The molecule has 0 spiro atoms. The first-order chi connectivity index (χ1) is 17.3. The number of nitro benzene ring substituents is 1. The number of carbonyl (C=O) groups is 3. The van der Waals surface area contributed by atoms with E-state index in [0.717, 1.165) is 12.1 Å². The van der Waals surface area contributed by atoms with E-state index in [1.807, 2.05) is 0 Å². The number of nitrogens with one attached hydrogen (secondary N) is 2. The summed E-state index contributed by atoms with van der Waals surface area (Å²) in [7, 11) is 0. The van der Waals surface area contributed by atoms with Crippen molar-refractivity contribution in [3.63, 3.8) is 0 Å². The van der Waals surface area contributed by atoms with Gasteiger partial charge in [0, 0.05) is 0 Å². The highest BCUT2D eigenvalue weighted by molar-refractivity contribution is 6.34. The van der Waals surface area contributed by atoms with E-state index in [1.165, 1.54) is 6.07 Å². The van der Waals surface area contributed by atoms with Crippen molar-refractivity contribution >= 4 is 52.5 Å². The van der Waals surface area contributed by atoms with Crippen LogP contribution >= 0.6 is 23.2 Å². The van der Waals surface area contributed by atoms with E-state index in [0.29, 0.717) is 19.4 Å². The van der Waals surface area contributed by atoms with Gasteiger partial charge >= 0.3 is 12.1 Å². The minimum atomic E-state index is -1.18. The molecule has 2 amide bonds. The van der Waals surface area contributed by atoms with Gasteiger partial charge in [0.1, 0.15) is 16.7 Å². The predicted molar refractivity (Wildman–Crippen MR) is 139 cm³/mol. The molecule has 0 heterocycles. The van der Waals surface area contributed by atoms with Crippen LogP contribution in [0.5, 0.6) is 5.75 Å². The fourth-order valence-electron chi connectivity index (χ4n) is 3.07. The van der Waals surface area contributed by atoms with Crippen molar-refractivity contribution in [1.82, 2.24) is 5.32 Å². The zero-order valence-corrected chi connectivity index (χ0v) is 22.0. The maximum absolute atomic E-state index is 13.1. The van der Waals surface area contributed by atoms with Crippen molar-refractivity contribution < 1.29 is 28.8 Å². The van der Waals surface area contributed by atoms with Crippen molar-refractivity contribution in [3.05, 3.63) is 62.1 Å². The van der Waals surface area contributed by atoms with E-state index in [1.54, 1.807) is 39.0 Å². The van der Waals surface area contributed by atoms with Crippen LogP contribution in [0.3, 0.4) is 0 Å². The topological polar surface area (TPSA) is 163 Å². The monoisotopic (exact) mass is 554 g/mol. The van der Waals surface area contributed by atoms with Crippen molar-refractivity contribution in [3.8, 4) is 5.75 Å². The number of alkyl carbamates (subject to hydrolysis) is 1. The first-order valence-corrected chi connectivity index (χ1v) is 12.0. The molecule has 0 radical (unpaired) electrons. The Balaban J connectivity index is 2.39. The molecular formula is C24H28Cl2N4O7. The normalized spacial score (nSPS) is 11.8. The first-order valence-electron chi connectivity index (χ1n) is 11.3. The van der Waals surface area contributed by atoms with Gasteiger partial charge in [0.2, 0.25) is 0 Å². The Bertz CT molecular complexity index is 1170. The Morgan fingerprint density at radius 2 is 1.78 bits per heavy atom. The molecule has 0 fully saturated rings. The number of ether oxygens (including phenoxy) is 2. The molecule has 0 bridgehead atoms. The molecule has 4 N–H and O–H groups in total. The van der Waals surface area contributed by atoms with E-state index < -0.39 is 46.0 Å². The van der Waals surface area contributed by atoms with Crippen LogP contribution in [0, 0.1) is 10.1 Å². The van der Waals surface area contributed by atoms with Gasteiger partial charge < -0.3 is 25.8 Å². The van der Waals surface area contributed by atoms with Crippen LogP contribution in [0.25, 0.3) is 0 Å². The van der Waals surface area contributed by atoms with E-state index in [-0.39, 0.29) is 27.7 Å². The van der Waals surface area contributed by atoms with Crippen LogP contribution in [0.4, 0.5) is 16.2 Å². The molecule has 2 rings (SSSR count). The Morgan fingerprint density at radius 3 is 2.38 bits per heavy atom. The second-order valence-corrected chi connectivity index (χ2v) is 9.71. The van der Waals surface area contributed by atoms with Gasteiger partial charge in [-0.1, -0.05) is 35.3 Å². The van der Waals surface area contributed by atoms with Gasteiger partial charge in [-0.05, 0) is 64.8 Å². The minimum absolute atomic E-state index is 0.145. The van der Waals surface area contributed by atoms with Gasteiger partial charge in [0.25, 0.3) is 11.6 Å². The quantitative estimate of drug-likeness (QED) is 0.120. The molecule has 11 nitrogen and oxygen atoms in total. The fourth-order valence-corrected chi connectivity index (χ4v) is 3.48. The van der Waals surface area contributed by atoms with Crippen LogP contribution in [0.2, 0.25) is 10.0 Å². The third-order valence-electron chi connectivity index (χ3n) is 4.75. The standard InChI is InChI=1S/C24H28Cl2N4O7/c1-24(2,3)37-23(33)29-18(10-6-7-11-27)22(32)36-20-13-19(30(34)35)16(26)12-14(20)21(31)28-17-9-5-4-8-15(17)25/h4-5,8-9,12-13,18H,6-7,10-11,27H2,1-3H3,(H,28,31)(H,29,33)/t18-/m0/s1. The summed E-state index contributed by atoms with van der Waals surface area (Å²) in [4.78, 5) is 49.1. The summed E-state index contributed by atoms with van der Waals surface area (Å²) in [6.07, 6.45) is 0.317. The van der Waals surface area contributed by atoms with Gasteiger partial charge in [-0.25, -0.2) is 9.59 Å². The summed E-state index contributed by atoms with van der Waals surface area (Å²) in [5, 5.41) is 16.3. The number of rotatable bonds is 10. The number of nitrogens with two attached hydrogens (primary N) is 1. The molecule has 0 aromatic heterocycles. The molecule has 37 heavy (non-hydrogen) atoms. The summed E-state index contributed by atoms with van der Waals surface area (Å²) in [6.45, 7) is 5.34. The summed E-state index contributed by atoms with van der Waals surface area (Å²) >= 11 is 12.1. The van der Waals surface area contributed by atoms with Gasteiger partial charge in [0.15, 0.2) is 5.75 Å². The lowest BCUT2D eigenvalue weighted by Gasteiger charge is -2.23. The maximum Gasteiger partial charge on any atom is 0.408 e. The van der Waals surface area contributed by atoms with Gasteiger partial charge in [-0.2, -0.15) is 0 Å². The van der Waals surface area contributed by atoms with Crippen LogP contribution in [0.1, 0.15) is 50.4 Å². The average Bonchev–Trinajstić information content (AvgIpc) is 2.79. The smallest absolute Gasteiger partial charge is 0.408 e. The van der Waals surface area contributed by atoms with E-state index >= 15 is 0 Å². The fraction of sp³-hybridized carbons (Fsp3) is 0.375. The number of unbranched alkanes of at least 4 members (excludes halogenated alkanes) is 1. The second-order valence-electron chi connectivity index (χ2n) is 8.90. The zero-order chi connectivity index (χ0) is 27.8. The number of esters is 1. The Kier molecular flexibility index (Phi) is 10.7. The van der Waals surface area contributed by atoms with Crippen LogP contribution < -0.4 is 21.1 Å². The molecule has 0 saturated carbocycles. The number of hydrogen-bond acceptors (Lipinski definition) is 8. The molecule has 0 aliphatic heterocycles. The van der Waals surface area contributed by atoms with Crippen LogP contribution in [-0.2, 0) is 9.53 Å². The summed E-state index contributed by atoms with van der Waals surface area (Å²) < 4.78 is 10.6. The second kappa shape index (κ2) is 13.2. The number of nitro groups is 1. The van der Waals surface area contributed by atoms with Gasteiger partial charge in [0.05, 0.1) is 27.3 Å². The molecule has 0 unspecified atom stereocenters. The van der Waals surface area contributed by atoms with Crippen molar-refractivity contribution in [2.45, 2.75) is 51.7 Å². The highest BCUT2D eigenvalue weighted by atomic mass is 35.5. The third kappa shape index (κ3) is 9.19. The van der Waals surface area contributed by atoms with Crippen LogP contribution in [-0.4, -0.2) is 41.1 Å². The molecule has 0 saturated heterocycles. The van der Waals surface area contributed by atoms with Crippen LogP contribution in [0.15, 0.2) is 36.4 Å². The largest absolute Gasteiger partial charge is 0.444 e. The minimum Gasteiger partial charge on any atom is -0.444 e. The lowest BCUT2D eigenvalue weighted by molar-refractivity contribution is -0.384. The summed E-state index contributed by atoms with van der Waals surface area (Å²) in [6, 6.07) is 7.09. The number of anilines is 1. The number of halogens is 2. The number of para-hydroxylation sites is 1. The zero-order valence-electron chi connectivity index (χ0n) is 20.5. The average molecular weight is 555 g/mol. The number of carbonyl (C=O) groups excluding carboxylic acids is 3. The molecule has 2 aromatic carbocycles. The van der Waals surface area contributed by atoms with Crippen molar-refractivity contribution in [2.24, 2.45) is 5.73 Å². The van der Waals surface area contributed by atoms with E-state index in [2.05, 4.69) is 10.6 Å². The molecule has 2 aromatic rings. The predicted octanol–water partition coefficient (Wildman–Crippen LogP) is 5.08. The lowest BCUT2D eigenvalue weighted by Crippen LogP contribution is -2.45. The van der Waals surface area contributed by atoms with Gasteiger partial charge in [-0.3, -0.25) is 14.9 Å². The van der Waals surface area contributed by atoms with Crippen molar-refractivity contribution in [2.75, 3.05) is 11.9 Å². The molecular weight excluding hydrogens is 527 g/mol. The Hall–Kier alpha value is -3.41. The first kappa shape index (κ1) is 29.8. The molecule has 0 aliphatic rings.